The summed E-state index contributed by atoms with van der Waals surface area (Å²) in [5.41, 5.74) is 0. The van der Waals surface area contributed by atoms with Gasteiger partial charge in [-0.15, -0.1) is 0 Å². The monoisotopic (exact) mass is 240 g/mol. The third-order valence-corrected chi connectivity index (χ3v) is 3.26. The van der Waals surface area contributed by atoms with E-state index < -0.39 is 11.9 Å². The van der Waals surface area contributed by atoms with Crippen molar-refractivity contribution in [2.75, 3.05) is 13.2 Å². The predicted molar refractivity (Wildman–Crippen MR) is 61.2 cm³/mol. The Bertz CT molecular complexity index is 251. The molecule has 0 spiro atoms. The molecule has 0 heterocycles. The summed E-state index contributed by atoms with van der Waals surface area (Å²) in [6, 6.07) is 0. The fraction of sp³-hybridized carbons (Fsp3) is 0.846. The lowest BCUT2D eigenvalue weighted by molar-refractivity contribution is -0.154. The molecule has 2 saturated carbocycles. The molecular weight excluding hydrogens is 220 g/mol. The van der Waals surface area contributed by atoms with Crippen LogP contribution in [0.5, 0.6) is 0 Å². The van der Waals surface area contributed by atoms with Gasteiger partial charge in [-0.1, -0.05) is 25.7 Å². The molecule has 0 N–H and O–H groups in total. The van der Waals surface area contributed by atoms with Crippen molar-refractivity contribution in [1.82, 2.24) is 0 Å². The Morgan fingerprint density at radius 2 is 1.24 bits per heavy atom. The third kappa shape index (κ3) is 5.71. The van der Waals surface area contributed by atoms with E-state index in [2.05, 4.69) is 0 Å². The molecule has 2 aliphatic rings. The van der Waals surface area contributed by atoms with Gasteiger partial charge in [0.05, 0.1) is 13.2 Å². The zero-order valence-corrected chi connectivity index (χ0v) is 10.2. The summed E-state index contributed by atoms with van der Waals surface area (Å²) >= 11 is 0. The van der Waals surface area contributed by atoms with Crippen molar-refractivity contribution in [2.24, 2.45) is 11.8 Å². The van der Waals surface area contributed by atoms with Crippen LogP contribution in [0, 0.1) is 11.8 Å². The zero-order chi connectivity index (χ0) is 12.1. The number of hydrogen-bond acceptors (Lipinski definition) is 4. The Morgan fingerprint density at radius 3 is 1.59 bits per heavy atom. The van der Waals surface area contributed by atoms with E-state index >= 15 is 0 Å². The second kappa shape index (κ2) is 6.03. The van der Waals surface area contributed by atoms with E-state index in [-0.39, 0.29) is 6.42 Å². The molecule has 96 valence electrons. The molecule has 0 amide bonds. The summed E-state index contributed by atoms with van der Waals surface area (Å²) < 4.78 is 9.93. The molecule has 17 heavy (non-hydrogen) atoms. The molecule has 2 aliphatic carbocycles. The maximum Gasteiger partial charge on any atom is 0.317 e. The Kier molecular flexibility index (Phi) is 4.40. The van der Waals surface area contributed by atoms with Crippen molar-refractivity contribution in [3.63, 3.8) is 0 Å². The SMILES string of the molecule is O=C(CC(=O)OCCC1CC1)OCCC1CC1. The molecule has 0 unspecified atom stereocenters. The van der Waals surface area contributed by atoms with E-state index in [1.54, 1.807) is 0 Å². The molecule has 0 atom stereocenters. The standard InChI is InChI=1S/C13H20O4/c14-12(16-7-5-10-1-2-10)9-13(15)17-8-6-11-3-4-11/h10-11H,1-9H2. The first-order valence-corrected chi connectivity index (χ1v) is 6.55. The van der Waals surface area contributed by atoms with Gasteiger partial charge in [0.15, 0.2) is 0 Å². The summed E-state index contributed by atoms with van der Waals surface area (Å²) in [4.78, 5) is 22.5. The first-order chi connectivity index (χ1) is 8.24. The van der Waals surface area contributed by atoms with Crippen LogP contribution in [0.3, 0.4) is 0 Å². The minimum atomic E-state index is -0.456. The van der Waals surface area contributed by atoms with Crippen LogP contribution in [0.4, 0.5) is 0 Å². The second-order valence-corrected chi connectivity index (χ2v) is 5.08. The largest absolute Gasteiger partial charge is 0.465 e. The average Bonchev–Trinajstić information content (AvgIpc) is 3.12. The summed E-state index contributed by atoms with van der Waals surface area (Å²) in [5, 5.41) is 0. The van der Waals surface area contributed by atoms with Gasteiger partial charge in [-0.3, -0.25) is 9.59 Å². The number of ether oxygens (including phenoxy) is 2. The lowest BCUT2D eigenvalue weighted by Crippen LogP contribution is -2.15. The van der Waals surface area contributed by atoms with Gasteiger partial charge < -0.3 is 9.47 Å². The topological polar surface area (TPSA) is 52.6 Å². The van der Waals surface area contributed by atoms with Gasteiger partial charge in [0.2, 0.25) is 0 Å². The van der Waals surface area contributed by atoms with Gasteiger partial charge in [-0.25, -0.2) is 0 Å². The minimum absolute atomic E-state index is 0.241. The van der Waals surface area contributed by atoms with Crippen LogP contribution >= 0.6 is 0 Å². The maximum absolute atomic E-state index is 11.2. The van der Waals surface area contributed by atoms with E-state index in [0.717, 1.165) is 24.7 Å². The van der Waals surface area contributed by atoms with Crippen LogP contribution in [0.15, 0.2) is 0 Å². The van der Waals surface area contributed by atoms with Crippen LogP contribution in [0.25, 0.3) is 0 Å². The molecule has 4 heteroatoms. The highest BCUT2D eigenvalue weighted by Crippen LogP contribution is 2.32. The lowest BCUT2D eigenvalue weighted by atomic mass is 10.3. The lowest BCUT2D eigenvalue weighted by Gasteiger charge is -2.05. The number of carbonyl (C=O) groups is 2. The zero-order valence-electron chi connectivity index (χ0n) is 10.2. The smallest absolute Gasteiger partial charge is 0.317 e. The van der Waals surface area contributed by atoms with Gasteiger partial charge in [0.25, 0.3) is 0 Å². The molecule has 0 aromatic heterocycles. The van der Waals surface area contributed by atoms with E-state index in [1.165, 1.54) is 25.7 Å². The normalized spacial score (nSPS) is 18.8. The number of hydrogen-bond donors (Lipinski definition) is 0. The minimum Gasteiger partial charge on any atom is -0.465 e. The molecule has 0 aliphatic heterocycles. The van der Waals surface area contributed by atoms with Gasteiger partial charge in [0, 0.05) is 0 Å². The molecule has 0 aromatic rings. The average molecular weight is 240 g/mol. The quantitative estimate of drug-likeness (QED) is 0.481. The van der Waals surface area contributed by atoms with Crippen LogP contribution in [-0.2, 0) is 19.1 Å². The maximum atomic E-state index is 11.2. The van der Waals surface area contributed by atoms with Gasteiger partial charge in [-0.2, -0.15) is 0 Å². The van der Waals surface area contributed by atoms with Gasteiger partial charge in [0.1, 0.15) is 6.42 Å². The first kappa shape index (κ1) is 12.4. The van der Waals surface area contributed by atoms with Crippen molar-refractivity contribution < 1.29 is 19.1 Å². The van der Waals surface area contributed by atoms with Crippen molar-refractivity contribution in [3.05, 3.63) is 0 Å². The van der Waals surface area contributed by atoms with Crippen LogP contribution in [0.1, 0.15) is 44.9 Å². The summed E-state index contributed by atoms with van der Waals surface area (Å²) in [6.07, 6.45) is 6.63. The van der Waals surface area contributed by atoms with Crippen LogP contribution in [0.2, 0.25) is 0 Å². The van der Waals surface area contributed by atoms with E-state index in [4.69, 9.17) is 9.47 Å². The summed E-state index contributed by atoms with van der Waals surface area (Å²) in [6.45, 7) is 0.887. The van der Waals surface area contributed by atoms with Crippen molar-refractivity contribution in [2.45, 2.75) is 44.9 Å². The fourth-order valence-corrected chi connectivity index (χ4v) is 1.71. The Labute approximate surface area is 102 Å². The Morgan fingerprint density at radius 1 is 0.824 bits per heavy atom. The molecule has 0 radical (unpaired) electrons. The molecule has 2 rings (SSSR count). The number of esters is 2. The molecule has 0 aromatic carbocycles. The molecule has 0 bridgehead atoms. The molecule has 0 saturated heterocycles. The highest BCUT2D eigenvalue weighted by molar-refractivity contribution is 5.91. The van der Waals surface area contributed by atoms with E-state index in [0.29, 0.717) is 13.2 Å². The summed E-state index contributed by atoms with van der Waals surface area (Å²) in [5.74, 6) is 0.575. The number of rotatable bonds is 8. The molecule has 4 nitrogen and oxygen atoms in total. The Hall–Kier alpha value is -1.06. The van der Waals surface area contributed by atoms with Crippen molar-refractivity contribution in [1.29, 1.82) is 0 Å². The predicted octanol–water partition coefficient (Wildman–Crippen LogP) is 2.06. The molecule has 2 fully saturated rings. The second-order valence-electron chi connectivity index (χ2n) is 5.08. The number of carbonyl (C=O) groups excluding carboxylic acids is 2. The van der Waals surface area contributed by atoms with E-state index in [1.807, 2.05) is 0 Å². The highest BCUT2D eigenvalue weighted by atomic mass is 16.6. The highest BCUT2D eigenvalue weighted by Gasteiger charge is 2.23. The van der Waals surface area contributed by atoms with Crippen molar-refractivity contribution in [3.8, 4) is 0 Å². The summed E-state index contributed by atoms with van der Waals surface area (Å²) in [7, 11) is 0. The van der Waals surface area contributed by atoms with Crippen LogP contribution in [-0.4, -0.2) is 25.2 Å². The first-order valence-electron chi connectivity index (χ1n) is 6.55. The third-order valence-electron chi connectivity index (χ3n) is 3.26. The van der Waals surface area contributed by atoms with Gasteiger partial charge in [-0.05, 0) is 24.7 Å². The fourth-order valence-electron chi connectivity index (χ4n) is 1.71. The van der Waals surface area contributed by atoms with Crippen LogP contribution < -0.4 is 0 Å². The van der Waals surface area contributed by atoms with Crippen molar-refractivity contribution >= 4 is 11.9 Å². The van der Waals surface area contributed by atoms with E-state index in [9.17, 15) is 9.59 Å². The Balaban J connectivity index is 1.45. The molecular formula is C13H20O4. The van der Waals surface area contributed by atoms with Gasteiger partial charge >= 0.3 is 11.9 Å².